The van der Waals surface area contributed by atoms with Gasteiger partial charge in [-0.2, -0.15) is 0 Å². The molecule has 142 valence electrons. The third-order valence-corrected chi connectivity index (χ3v) is 5.06. The number of carbonyl (C=O) groups is 2. The fourth-order valence-corrected chi connectivity index (χ4v) is 3.55. The van der Waals surface area contributed by atoms with Crippen molar-refractivity contribution in [2.24, 2.45) is 0 Å². The maximum absolute atomic E-state index is 12.6. The van der Waals surface area contributed by atoms with Gasteiger partial charge in [0.25, 0.3) is 5.91 Å². The first kappa shape index (κ1) is 18.1. The Labute approximate surface area is 164 Å². The van der Waals surface area contributed by atoms with Gasteiger partial charge in [-0.3, -0.25) is 14.2 Å². The number of ether oxygens (including phenoxy) is 2. The van der Waals surface area contributed by atoms with Gasteiger partial charge in [-0.1, -0.05) is 17.8 Å². The molecular weight excluding hydrogens is 380 g/mol. The van der Waals surface area contributed by atoms with Crippen molar-refractivity contribution in [2.75, 3.05) is 24.8 Å². The van der Waals surface area contributed by atoms with E-state index in [-0.39, 0.29) is 24.1 Å². The molecule has 0 radical (unpaired) electrons. The summed E-state index contributed by atoms with van der Waals surface area (Å²) in [6.07, 6.45) is 1.59. The number of hydrogen-bond acceptors (Lipinski definition) is 7. The minimum Gasteiger partial charge on any atom is -0.497 e. The van der Waals surface area contributed by atoms with E-state index in [4.69, 9.17) is 9.47 Å². The normalized spacial score (nSPS) is 12.7. The summed E-state index contributed by atoms with van der Waals surface area (Å²) in [6, 6.07) is 12.5. The van der Waals surface area contributed by atoms with Gasteiger partial charge in [0.15, 0.2) is 17.5 Å². The molecule has 28 heavy (non-hydrogen) atoms. The number of rotatable bonds is 6. The van der Waals surface area contributed by atoms with Crippen molar-refractivity contribution in [3.8, 4) is 17.2 Å². The zero-order chi connectivity index (χ0) is 19.5. The number of Topliss-reactive ketones (excluding diaryl/α,β-unsaturated/α-hetero) is 1. The van der Waals surface area contributed by atoms with Gasteiger partial charge in [-0.25, -0.2) is 0 Å². The predicted octanol–water partition coefficient (Wildman–Crippen LogP) is 2.58. The molecule has 2 heterocycles. The maximum Gasteiger partial charge on any atom is 0.262 e. The number of amides is 1. The van der Waals surface area contributed by atoms with Gasteiger partial charge in [-0.15, -0.1) is 10.2 Å². The SMILES string of the molecule is COc1cccc(-n2cnnc2SCC(=O)c2ccc3c(c2)NC(=O)CO3)c1. The zero-order valence-electron chi connectivity index (χ0n) is 14.9. The average Bonchev–Trinajstić information content (AvgIpc) is 3.20. The Morgan fingerprint density at radius 3 is 3.07 bits per heavy atom. The van der Waals surface area contributed by atoms with Crippen molar-refractivity contribution >= 4 is 29.1 Å². The van der Waals surface area contributed by atoms with E-state index in [2.05, 4.69) is 15.5 Å². The second kappa shape index (κ2) is 7.73. The number of anilines is 1. The molecule has 0 atom stereocenters. The highest BCUT2D eigenvalue weighted by Gasteiger charge is 2.18. The number of carbonyl (C=O) groups excluding carboxylic acids is 2. The molecule has 1 aliphatic rings. The Balaban J connectivity index is 1.48. The summed E-state index contributed by atoms with van der Waals surface area (Å²) in [5.41, 5.74) is 1.84. The summed E-state index contributed by atoms with van der Waals surface area (Å²) in [6.45, 7) is -0.0178. The highest BCUT2D eigenvalue weighted by molar-refractivity contribution is 7.99. The summed E-state index contributed by atoms with van der Waals surface area (Å²) in [5.74, 6) is 1.12. The summed E-state index contributed by atoms with van der Waals surface area (Å²) in [4.78, 5) is 24.1. The molecule has 1 aromatic heterocycles. The van der Waals surface area contributed by atoms with E-state index in [0.29, 0.717) is 22.2 Å². The first-order valence-electron chi connectivity index (χ1n) is 8.41. The molecule has 0 spiro atoms. The quantitative estimate of drug-likeness (QED) is 0.505. The van der Waals surface area contributed by atoms with Gasteiger partial charge >= 0.3 is 0 Å². The van der Waals surface area contributed by atoms with Crippen LogP contribution < -0.4 is 14.8 Å². The average molecular weight is 396 g/mol. The third-order valence-electron chi connectivity index (χ3n) is 4.11. The van der Waals surface area contributed by atoms with E-state index in [0.717, 1.165) is 11.4 Å². The molecule has 9 heteroatoms. The predicted molar refractivity (Wildman–Crippen MR) is 104 cm³/mol. The van der Waals surface area contributed by atoms with E-state index in [9.17, 15) is 9.59 Å². The zero-order valence-corrected chi connectivity index (χ0v) is 15.7. The van der Waals surface area contributed by atoms with Crippen molar-refractivity contribution in [2.45, 2.75) is 5.16 Å². The monoisotopic (exact) mass is 396 g/mol. The van der Waals surface area contributed by atoms with E-state index >= 15 is 0 Å². The van der Waals surface area contributed by atoms with Crippen LogP contribution in [0.4, 0.5) is 5.69 Å². The molecule has 0 fully saturated rings. The minimum atomic E-state index is -0.238. The van der Waals surface area contributed by atoms with Crippen LogP contribution in [-0.2, 0) is 4.79 Å². The molecule has 2 aromatic carbocycles. The van der Waals surface area contributed by atoms with Crippen molar-refractivity contribution < 1.29 is 19.1 Å². The highest BCUT2D eigenvalue weighted by Crippen LogP contribution is 2.29. The lowest BCUT2D eigenvalue weighted by Gasteiger charge is -2.18. The molecular formula is C19H16N4O4S. The highest BCUT2D eigenvalue weighted by atomic mass is 32.2. The third kappa shape index (κ3) is 3.70. The minimum absolute atomic E-state index is 0.0178. The molecule has 0 saturated carbocycles. The number of ketones is 1. The van der Waals surface area contributed by atoms with Crippen LogP contribution in [0.2, 0.25) is 0 Å². The molecule has 8 nitrogen and oxygen atoms in total. The van der Waals surface area contributed by atoms with Crippen LogP contribution in [0.3, 0.4) is 0 Å². The number of nitrogens with zero attached hydrogens (tertiary/aromatic N) is 3. The number of hydrogen-bond donors (Lipinski definition) is 1. The summed E-state index contributed by atoms with van der Waals surface area (Å²) in [7, 11) is 1.60. The number of methoxy groups -OCH3 is 1. The smallest absolute Gasteiger partial charge is 0.262 e. The lowest BCUT2D eigenvalue weighted by Crippen LogP contribution is -2.25. The Bertz CT molecular complexity index is 1050. The Kier molecular flexibility index (Phi) is 4.98. The number of aromatic nitrogens is 3. The Morgan fingerprint density at radius 1 is 1.32 bits per heavy atom. The summed E-state index contributed by atoms with van der Waals surface area (Å²) in [5, 5.41) is 11.3. The molecule has 1 aliphatic heterocycles. The summed E-state index contributed by atoms with van der Waals surface area (Å²) < 4.78 is 12.4. The van der Waals surface area contributed by atoms with Gasteiger partial charge in [0.2, 0.25) is 0 Å². The molecule has 3 aromatic rings. The molecule has 1 amide bonds. The maximum atomic E-state index is 12.6. The van der Waals surface area contributed by atoms with E-state index in [1.54, 1.807) is 36.2 Å². The second-order valence-corrected chi connectivity index (χ2v) is 6.89. The van der Waals surface area contributed by atoms with Gasteiger partial charge in [0, 0.05) is 11.6 Å². The molecule has 0 aliphatic carbocycles. The van der Waals surface area contributed by atoms with Gasteiger partial charge in [0.1, 0.15) is 17.8 Å². The number of thioether (sulfide) groups is 1. The number of benzene rings is 2. The molecule has 0 unspecified atom stereocenters. The number of fused-ring (bicyclic) bond motifs is 1. The van der Waals surface area contributed by atoms with Crippen molar-refractivity contribution in [1.29, 1.82) is 0 Å². The van der Waals surface area contributed by atoms with Crippen molar-refractivity contribution in [1.82, 2.24) is 14.8 Å². The Hall–Kier alpha value is -3.33. The van der Waals surface area contributed by atoms with E-state index in [1.807, 2.05) is 24.3 Å². The van der Waals surface area contributed by atoms with Crippen molar-refractivity contribution in [3.63, 3.8) is 0 Å². The fraction of sp³-hybridized carbons (Fsp3) is 0.158. The van der Waals surface area contributed by atoms with Crippen LogP contribution in [0.5, 0.6) is 11.5 Å². The topological polar surface area (TPSA) is 95.3 Å². The first-order chi connectivity index (χ1) is 13.6. The van der Waals surface area contributed by atoms with E-state index in [1.165, 1.54) is 11.8 Å². The van der Waals surface area contributed by atoms with Crippen LogP contribution in [-0.4, -0.2) is 45.9 Å². The van der Waals surface area contributed by atoms with Crippen LogP contribution in [0, 0.1) is 0 Å². The van der Waals surface area contributed by atoms with Gasteiger partial charge in [-0.05, 0) is 30.3 Å². The fourth-order valence-electron chi connectivity index (χ4n) is 2.73. The van der Waals surface area contributed by atoms with E-state index < -0.39 is 0 Å². The largest absolute Gasteiger partial charge is 0.497 e. The summed E-state index contributed by atoms with van der Waals surface area (Å²) >= 11 is 1.28. The Morgan fingerprint density at radius 2 is 2.21 bits per heavy atom. The molecule has 4 rings (SSSR count). The first-order valence-corrected chi connectivity index (χ1v) is 9.40. The standard InChI is InChI=1S/C19H16N4O4S/c1-26-14-4-2-3-13(8-14)23-11-20-22-19(23)28-10-16(24)12-5-6-17-15(7-12)21-18(25)9-27-17/h2-8,11H,9-10H2,1H3,(H,21,25). The molecule has 1 N–H and O–H groups in total. The van der Waals surface area contributed by atoms with Gasteiger partial charge in [0.05, 0.1) is 24.2 Å². The number of nitrogens with one attached hydrogen (secondary N) is 1. The van der Waals surface area contributed by atoms with Crippen LogP contribution >= 0.6 is 11.8 Å². The second-order valence-electron chi connectivity index (χ2n) is 5.94. The van der Waals surface area contributed by atoms with Gasteiger partial charge < -0.3 is 14.8 Å². The van der Waals surface area contributed by atoms with Crippen molar-refractivity contribution in [3.05, 3.63) is 54.4 Å². The van der Waals surface area contributed by atoms with Crippen LogP contribution in [0.25, 0.3) is 5.69 Å². The molecule has 0 saturated heterocycles. The lowest BCUT2D eigenvalue weighted by molar-refractivity contribution is -0.118. The van der Waals surface area contributed by atoms with Crippen LogP contribution in [0.15, 0.2) is 53.9 Å². The lowest BCUT2D eigenvalue weighted by atomic mass is 10.1. The van der Waals surface area contributed by atoms with Crippen LogP contribution in [0.1, 0.15) is 10.4 Å². The molecule has 0 bridgehead atoms.